The molecule has 0 bridgehead atoms. The predicted molar refractivity (Wildman–Crippen MR) is 173 cm³/mol. The molecule has 0 saturated heterocycles. The third kappa shape index (κ3) is 6.22. The molecule has 3 aromatic carbocycles. The van der Waals surface area contributed by atoms with Gasteiger partial charge in [-0.05, 0) is 75.3 Å². The highest BCUT2D eigenvalue weighted by Gasteiger charge is 2.39. The Kier molecular flexibility index (Phi) is 9.24. The number of aryl methyl sites for hydroxylation is 1. The van der Waals surface area contributed by atoms with E-state index in [1.54, 1.807) is 30.3 Å². The van der Waals surface area contributed by atoms with Crippen molar-refractivity contribution >= 4 is 35.0 Å². The van der Waals surface area contributed by atoms with E-state index in [1.807, 2.05) is 31.2 Å². The van der Waals surface area contributed by atoms with E-state index in [1.165, 1.54) is 11.8 Å². The highest BCUT2D eigenvalue weighted by atomic mass is 32.2. The van der Waals surface area contributed by atoms with Gasteiger partial charge in [-0.3, -0.25) is 9.59 Å². The zero-order chi connectivity index (χ0) is 30.8. The Morgan fingerprint density at radius 2 is 1.52 bits per heavy atom. The number of carbonyl (C=O) groups excluding carboxylic acids is 3. The SMILES string of the molecule is CCCCOC1CCC2CC(OC(=O)c3cc(SCc4ccc(C)cc4)c4c(c3N)C(=O)c3ccccc3C4=O)CCC2C1. The van der Waals surface area contributed by atoms with Crippen molar-refractivity contribution in [2.24, 2.45) is 11.8 Å². The first kappa shape index (κ1) is 30.6. The summed E-state index contributed by atoms with van der Waals surface area (Å²) in [7, 11) is 0. The van der Waals surface area contributed by atoms with Crippen molar-refractivity contribution < 1.29 is 23.9 Å². The Bertz CT molecular complexity index is 1560. The van der Waals surface area contributed by atoms with Crippen LogP contribution in [0.1, 0.15) is 112 Å². The largest absolute Gasteiger partial charge is 0.459 e. The number of rotatable bonds is 9. The third-order valence-corrected chi connectivity index (χ3v) is 10.7. The van der Waals surface area contributed by atoms with Crippen LogP contribution in [0.25, 0.3) is 0 Å². The molecule has 0 aliphatic heterocycles. The molecule has 0 spiro atoms. The van der Waals surface area contributed by atoms with Crippen molar-refractivity contribution in [3.63, 3.8) is 0 Å². The Morgan fingerprint density at radius 3 is 2.20 bits per heavy atom. The number of hydrogen-bond donors (Lipinski definition) is 1. The molecular formula is C37H41NO5S. The van der Waals surface area contributed by atoms with E-state index in [-0.39, 0.29) is 40.0 Å². The fourth-order valence-electron chi connectivity index (χ4n) is 7.08. The first-order valence-corrected chi connectivity index (χ1v) is 17.0. The normalized spacial score (nSPS) is 22.6. The third-order valence-electron chi connectivity index (χ3n) is 9.58. The second-order valence-corrected chi connectivity index (χ2v) is 13.6. The first-order chi connectivity index (χ1) is 21.3. The first-order valence-electron chi connectivity index (χ1n) is 16.0. The van der Waals surface area contributed by atoms with Gasteiger partial charge in [0.15, 0.2) is 11.6 Å². The van der Waals surface area contributed by atoms with Crippen LogP contribution in [0.5, 0.6) is 0 Å². The molecule has 4 atom stereocenters. The summed E-state index contributed by atoms with van der Waals surface area (Å²) in [6, 6.07) is 16.7. The lowest BCUT2D eigenvalue weighted by molar-refractivity contribution is -0.0404. The number of fused-ring (bicyclic) bond motifs is 3. The van der Waals surface area contributed by atoms with Crippen LogP contribution < -0.4 is 5.73 Å². The molecule has 0 aromatic heterocycles. The molecule has 0 amide bonds. The van der Waals surface area contributed by atoms with Crippen LogP contribution in [0.15, 0.2) is 59.5 Å². The molecule has 3 aliphatic rings. The summed E-state index contributed by atoms with van der Waals surface area (Å²) in [5.74, 6) is 0.584. The quantitative estimate of drug-likeness (QED) is 0.0888. The van der Waals surface area contributed by atoms with Gasteiger partial charge in [0.25, 0.3) is 0 Å². The van der Waals surface area contributed by atoms with E-state index in [0.717, 1.165) is 69.1 Å². The number of hydrogen-bond acceptors (Lipinski definition) is 7. The summed E-state index contributed by atoms with van der Waals surface area (Å²) in [5.41, 5.74) is 10.1. The van der Waals surface area contributed by atoms with Crippen LogP contribution in [0.3, 0.4) is 0 Å². The molecule has 3 aliphatic carbocycles. The van der Waals surface area contributed by atoms with Gasteiger partial charge < -0.3 is 15.2 Å². The lowest BCUT2D eigenvalue weighted by Crippen LogP contribution is -2.37. The minimum Gasteiger partial charge on any atom is -0.459 e. The molecule has 0 heterocycles. The summed E-state index contributed by atoms with van der Waals surface area (Å²) in [6.07, 6.45) is 8.29. The van der Waals surface area contributed by atoms with Gasteiger partial charge in [-0.25, -0.2) is 4.79 Å². The molecule has 6 rings (SSSR count). The number of benzene rings is 3. The molecule has 230 valence electrons. The average Bonchev–Trinajstić information content (AvgIpc) is 3.03. The summed E-state index contributed by atoms with van der Waals surface area (Å²) < 4.78 is 12.2. The van der Waals surface area contributed by atoms with Crippen LogP contribution in [-0.2, 0) is 15.2 Å². The summed E-state index contributed by atoms with van der Waals surface area (Å²) in [4.78, 5) is 41.8. The van der Waals surface area contributed by atoms with Crippen molar-refractivity contribution in [1.82, 2.24) is 0 Å². The lowest BCUT2D eigenvalue weighted by atomic mass is 9.69. The van der Waals surface area contributed by atoms with Gasteiger partial charge in [-0.2, -0.15) is 0 Å². The van der Waals surface area contributed by atoms with Crippen molar-refractivity contribution in [2.45, 2.75) is 88.1 Å². The van der Waals surface area contributed by atoms with Gasteiger partial charge in [-0.15, -0.1) is 11.8 Å². The van der Waals surface area contributed by atoms with Gasteiger partial charge in [0.1, 0.15) is 6.10 Å². The number of thioether (sulfide) groups is 1. The molecule has 2 N–H and O–H groups in total. The highest BCUT2D eigenvalue weighted by Crippen LogP contribution is 2.44. The van der Waals surface area contributed by atoms with Gasteiger partial charge in [-0.1, -0.05) is 67.4 Å². The molecule has 6 nitrogen and oxygen atoms in total. The van der Waals surface area contributed by atoms with Crippen LogP contribution in [0.4, 0.5) is 5.69 Å². The maximum Gasteiger partial charge on any atom is 0.340 e. The van der Waals surface area contributed by atoms with E-state index in [4.69, 9.17) is 15.2 Å². The molecule has 2 saturated carbocycles. The van der Waals surface area contributed by atoms with Crippen molar-refractivity contribution in [1.29, 1.82) is 0 Å². The lowest BCUT2D eigenvalue weighted by Gasteiger charge is -2.41. The van der Waals surface area contributed by atoms with Crippen molar-refractivity contribution in [3.05, 3.63) is 93.5 Å². The Hall–Kier alpha value is -3.42. The molecular weight excluding hydrogens is 570 g/mol. The second-order valence-electron chi connectivity index (χ2n) is 12.6. The Morgan fingerprint density at radius 1 is 0.886 bits per heavy atom. The number of ether oxygens (including phenoxy) is 2. The molecule has 0 radical (unpaired) electrons. The van der Waals surface area contributed by atoms with Crippen LogP contribution >= 0.6 is 11.8 Å². The van der Waals surface area contributed by atoms with Crippen LogP contribution in [-0.4, -0.2) is 36.4 Å². The van der Waals surface area contributed by atoms with E-state index in [9.17, 15) is 14.4 Å². The average molecular weight is 612 g/mol. The van der Waals surface area contributed by atoms with Gasteiger partial charge in [0, 0.05) is 33.9 Å². The topological polar surface area (TPSA) is 95.7 Å². The molecule has 7 heteroatoms. The number of ketones is 2. The van der Waals surface area contributed by atoms with Gasteiger partial charge in [0.2, 0.25) is 0 Å². The highest BCUT2D eigenvalue weighted by molar-refractivity contribution is 7.98. The fourth-order valence-corrected chi connectivity index (χ4v) is 8.14. The van der Waals surface area contributed by atoms with E-state index < -0.39 is 5.97 Å². The summed E-state index contributed by atoms with van der Waals surface area (Å²) in [5, 5.41) is 0. The fraction of sp³-hybridized carbons (Fsp3) is 0.432. The van der Waals surface area contributed by atoms with Gasteiger partial charge in [0.05, 0.1) is 22.9 Å². The molecule has 4 unspecified atom stereocenters. The van der Waals surface area contributed by atoms with Crippen LogP contribution in [0.2, 0.25) is 0 Å². The maximum atomic E-state index is 13.8. The van der Waals surface area contributed by atoms with Gasteiger partial charge >= 0.3 is 5.97 Å². The van der Waals surface area contributed by atoms with E-state index in [2.05, 4.69) is 6.92 Å². The van der Waals surface area contributed by atoms with Crippen molar-refractivity contribution in [2.75, 3.05) is 12.3 Å². The molecule has 3 aromatic rings. The zero-order valence-electron chi connectivity index (χ0n) is 25.6. The van der Waals surface area contributed by atoms with E-state index >= 15 is 0 Å². The summed E-state index contributed by atoms with van der Waals surface area (Å²) >= 11 is 1.43. The summed E-state index contributed by atoms with van der Waals surface area (Å²) in [6.45, 7) is 5.06. The zero-order valence-corrected chi connectivity index (χ0v) is 26.4. The monoisotopic (exact) mass is 611 g/mol. The van der Waals surface area contributed by atoms with E-state index in [0.29, 0.717) is 39.7 Å². The molecule has 2 fully saturated rings. The Balaban J connectivity index is 1.24. The maximum absolute atomic E-state index is 13.8. The number of nitrogens with two attached hydrogens (primary N) is 1. The van der Waals surface area contributed by atoms with Crippen LogP contribution in [0, 0.1) is 18.8 Å². The molecule has 44 heavy (non-hydrogen) atoms. The smallest absolute Gasteiger partial charge is 0.340 e. The minimum atomic E-state index is -0.526. The number of carbonyl (C=O) groups is 3. The number of nitrogen functional groups attached to an aromatic ring is 1. The Labute approximate surface area is 264 Å². The second kappa shape index (κ2) is 13.3. The van der Waals surface area contributed by atoms with Crippen molar-refractivity contribution in [3.8, 4) is 0 Å². The number of anilines is 1. The standard InChI is InChI=1S/C37H41NO5S/c1-3-4-17-42-26-15-13-25-19-27(16-14-24(25)18-26)43-37(41)30-20-31(44-21-23-11-9-22(2)10-12-23)32-33(34(30)38)36(40)29-8-6-5-7-28(29)35(32)39/h5-12,20,24-27H,3-4,13-19,21,38H2,1-2H3. The number of unbranched alkanes of at least 4 members (excludes halogenated alkanes) is 1. The minimum absolute atomic E-state index is 0.0240. The predicted octanol–water partition coefficient (Wildman–Crippen LogP) is 7.96. The number of esters is 1.